The molecule has 0 aliphatic carbocycles. The second kappa shape index (κ2) is 11.8. The van der Waals surface area contributed by atoms with E-state index in [2.05, 4.69) is 6.07 Å². The van der Waals surface area contributed by atoms with E-state index >= 15 is 0 Å². The van der Waals surface area contributed by atoms with Gasteiger partial charge in [0, 0.05) is 39.3 Å². The second-order valence-corrected chi connectivity index (χ2v) is 3.07. The Labute approximate surface area is 112 Å². The van der Waals surface area contributed by atoms with E-state index < -0.39 is 0 Å². The van der Waals surface area contributed by atoms with Gasteiger partial charge >= 0.3 is 0 Å². The first-order chi connectivity index (χ1) is 5.27. The molecule has 1 radical (unpaired) electrons. The van der Waals surface area contributed by atoms with Crippen molar-refractivity contribution in [2.45, 2.75) is 0 Å². The molecule has 1 nitrogen and oxygen atoms in total. The van der Waals surface area contributed by atoms with Crippen LogP contribution in [0.2, 0.25) is 0 Å². The Morgan fingerprint density at radius 3 is 1.83 bits per heavy atom. The zero-order valence-electron chi connectivity index (χ0n) is 6.57. The topological polar surface area (TPSA) is 20.2 Å². The van der Waals surface area contributed by atoms with Gasteiger partial charge in [0.05, 0.1) is 0 Å². The summed E-state index contributed by atoms with van der Waals surface area (Å²) in [7, 11) is 0. The molecule has 0 aromatic heterocycles. The summed E-state index contributed by atoms with van der Waals surface area (Å²) in [5.41, 5.74) is 0. The minimum absolute atomic E-state index is 0. The molecule has 0 heterocycles. The predicted molar refractivity (Wildman–Crippen MR) is 54.2 cm³/mol. The molecule has 0 saturated carbocycles. The van der Waals surface area contributed by atoms with Crippen LogP contribution in [-0.4, -0.2) is 11.7 Å². The number of rotatable bonds is 1. The Morgan fingerprint density at radius 2 is 1.75 bits per heavy atom. The molecule has 0 amide bonds. The van der Waals surface area contributed by atoms with Gasteiger partial charge in [-0.2, -0.15) is 40.0 Å². The van der Waals surface area contributed by atoms with E-state index in [1.165, 1.54) is 0 Å². The third-order valence-electron chi connectivity index (χ3n) is 0.758. The van der Waals surface area contributed by atoms with Gasteiger partial charge in [-0.25, -0.2) is 0 Å². The van der Waals surface area contributed by atoms with Crippen molar-refractivity contribution in [2.75, 3.05) is 6.61 Å². The Morgan fingerprint density at radius 1 is 1.33 bits per heavy atom. The fraction of sp³-hybridized carbons (Fsp3) is 0.111. The fourth-order valence-corrected chi connectivity index (χ4v) is 0.342. The number of aliphatic hydroxyl groups excluding tert-OH is 1. The SMILES string of the molecule is [CH-]=C(I)CO.[Y].[c-]1ccccc1. The third kappa shape index (κ3) is 13.4. The van der Waals surface area contributed by atoms with Crippen molar-refractivity contribution in [3.63, 3.8) is 0 Å². The number of hydrogen-bond acceptors (Lipinski definition) is 1. The van der Waals surface area contributed by atoms with Gasteiger partial charge in [0.1, 0.15) is 0 Å². The summed E-state index contributed by atoms with van der Waals surface area (Å²) in [5, 5.41) is 7.97. The molecule has 0 saturated heterocycles. The first-order valence-electron chi connectivity index (χ1n) is 3.06. The number of hydrogen-bond donors (Lipinski definition) is 1. The Bertz CT molecular complexity index is 162. The number of aliphatic hydroxyl groups is 1. The molecule has 63 valence electrons. The van der Waals surface area contributed by atoms with Crippen molar-refractivity contribution in [2.24, 2.45) is 0 Å². The standard InChI is InChI=1S/C6H5.C3H4IO.Y/c1-2-4-6-5-3-1;1-3(4)2-5;/h1-5H;1,5H,2H2;/q2*-1;. The summed E-state index contributed by atoms with van der Waals surface area (Å²) in [5.74, 6) is 0. The maximum Gasteiger partial charge on any atom is 0.0411 e. The summed E-state index contributed by atoms with van der Waals surface area (Å²) in [6.07, 6.45) is 0. The first-order valence-corrected chi connectivity index (χ1v) is 4.14. The van der Waals surface area contributed by atoms with E-state index in [-0.39, 0.29) is 39.3 Å². The van der Waals surface area contributed by atoms with Crippen LogP contribution in [0.5, 0.6) is 0 Å². The summed E-state index contributed by atoms with van der Waals surface area (Å²) in [6, 6.07) is 12.5. The summed E-state index contributed by atoms with van der Waals surface area (Å²) >= 11 is 1.85. The van der Waals surface area contributed by atoms with E-state index in [0.717, 1.165) is 0 Å². The molecule has 0 atom stereocenters. The van der Waals surface area contributed by atoms with Gasteiger partial charge in [-0.3, -0.25) is 0 Å². The molecule has 1 aromatic rings. The number of benzene rings is 1. The first kappa shape index (κ1) is 15.2. The normalized spacial score (nSPS) is 7.17. The van der Waals surface area contributed by atoms with Crippen molar-refractivity contribution in [3.05, 3.63) is 46.6 Å². The van der Waals surface area contributed by atoms with E-state index in [9.17, 15) is 0 Å². The molecule has 3 heteroatoms. The van der Waals surface area contributed by atoms with Gasteiger partial charge in [0.25, 0.3) is 0 Å². The van der Waals surface area contributed by atoms with E-state index in [0.29, 0.717) is 3.58 Å². The maximum atomic E-state index is 7.97. The fourth-order valence-electron chi connectivity index (χ4n) is 0.342. The molecule has 1 aromatic carbocycles. The van der Waals surface area contributed by atoms with Gasteiger partial charge in [0.2, 0.25) is 0 Å². The van der Waals surface area contributed by atoms with Gasteiger partial charge in [-0.05, 0) is 0 Å². The Kier molecular flexibility index (Phi) is 14.9. The van der Waals surface area contributed by atoms with Crippen molar-refractivity contribution in [3.8, 4) is 0 Å². The van der Waals surface area contributed by atoms with E-state index in [1.54, 1.807) is 0 Å². The monoisotopic (exact) mass is 349 g/mol. The van der Waals surface area contributed by atoms with Crippen molar-refractivity contribution >= 4 is 22.6 Å². The van der Waals surface area contributed by atoms with Crippen molar-refractivity contribution in [1.82, 2.24) is 0 Å². The van der Waals surface area contributed by atoms with Crippen LogP contribution < -0.4 is 0 Å². The molecular formula is C9H9IOY-2. The zero-order valence-corrected chi connectivity index (χ0v) is 11.6. The Balaban J connectivity index is 0. The molecule has 0 bridgehead atoms. The summed E-state index contributed by atoms with van der Waals surface area (Å²) < 4.78 is 0.530. The minimum atomic E-state index is -0.0133. The van der Waals surface area contributed by atoms with Gasteiger partial charge in [-0.15, -0.1) is 0 Å². The molecule has 0 fully saturated rings. The zero-order chi connectivity index (χ0) is 8.53. The average molecular weight is 349 g/mol. The van der Waals surface area contributed by atoms with Crippen LogP contribution in [0.25, 0.3) is 0 Å². The van der Waals surface area contributed by atoms with Crippen LogP contribution in [-0.2, 0) is 32.7 Å². The van der Waals surface area contributed by atoms with Crippen LogP contribution in [0.15, 0.2) is 33.9 Å². The maximum absolute atomic E-state index is 7.97. The van der Waals surface area contributed by atoms with Crippen LogP contribution in [0.1, 0.15) is 0 Å². The molecule has 0 spiro atoms. The quantitative estimate of drug-likeness (QED) is 0.609. The van der Waals surface area contributed by atoms with Crippen LogP contribution in [0, 0.1) is 12.6 Å². The molecular weight excluding hydrogens is 340 g/mol. The molecule has 0 aliphatic heterocycles. The van der Waals surface area contributed by atoms with Gasteiger partial charge in [-0.1, -0.05) is 22.6 Å². The van der Waals surface area contributed by atoms with Crippen LogP contribution in [0.4, 0.5) is 0 Å². The molecule has 12 heavy (non-hydrogen) atoms. The van der Waals surface area contributed by atoms with E-state index in [4.69, 9.17) is 11.7 Å². The third-order valence-corrected chi connectivity index (χ3v) is 1.10. The van der Waals surface area contributed by atoms with Gasteiger partial charge < -0.3 is 11.7 Å². The van der Waals surface area contributed by atoms with Gasteiger partial charge in [0.15, 0.2) is 0 Å². The largest absolute Gasteiger partial charge is 0.502 e. The molecule has 1 rings (SSSR count). The number of halogens is 1. The second-order valence-electron chi connectivity index (χ2n) is 1.68. The predicted octanol–water partition coefficient (Wildman–Crippen LogP) is 2.21. The summed E-state index contributed by atoms with van der Waals surface area (Å²) in [6.45, 7) is 4.93. The molecule has 1 N–H and O–H groups in total. The molecule has 0 aliphatic rings. The summed E-state index contributed by atoms with van der Waals surface area (Å²) in [4.78, 5) is 0. The minimum Gasteiger partial charge on any atom is -0.502 e. The van der Waals surface area contributed by atoms with Crippen LogP contribution in [0.3, 0.4) is 0 Å². The van der Waals surface area contributed by atoms with Crippen molar-refractivity contribution in [1.29, 1.82) is 0 Å². The smallest absolute Gasteiger partial charge is 0.0411 e. The Hall–Kier alpha value is 0.754. The van der Waals surface area contributed by atoms with Crippen molar-refractivity contribution < 1.29 is 37.8 Å². The van der Waals surface area contributed by atoms with Crippen LogP contribution >= 0.6 is 22.6 Å². The van der Waals surface area contributed by atoms with E-state index in [1.807, 2.05) is 52.9 Å². The molecule has 0 unspecified atom stereocenters. The average Bonchev–Trinajstić information content (AvgIpc) is 2.09.